The number of amides is 1. The highest BCUT2D eigenvalue weighted by molar-refractivity contribution is 5.44. The Bertz CT molecular complexity index is 216. The second-order valence-electron chi connectivity index (χ2n) is 2.56. The number of hydrogen-bond donors (Lipinski definition) is 1. The van der Waals surface area contributed by atoms with Crippen LogP contribution in [0.4, 0.5) is 0 Å². The Morgan fingerprint density at radius 1 is 1.14 bits per heavy atom. The summed E-state index contributed by atoms with van der Waals surface area (Å²) < 4.78 is 0. The normalized spacial score (nSPS) is 7.21. The number of carbonyl (C=O) groups is 1. The van der Waals surface area contributed by atoms with Crippen molar-refractivity contribution in [2.45, 2.75) is 27.7 Å². The van der Waals surface area contributed by atoms with Gasteiger partial charge in [0.25, 0.3) is 0 Å². The fourth-order valence-electron chi connectivity index (χ4n) is 0.807. The summed E-state index contributed by atoms with van der Waals surface area (Å²) >= 11 is 0. The molecule has 0 spiro atoms. The summed E-state index contributed by atoms with van der Waals surface area (Å²) in [5.74, 6) is 0. The van der Waals surface area contributed by atoms with Gasteiger partial charge in [-0.1, -0.05) is 49.2 Å². The third-order valence-corrected chi connectivity index (χ3v) is 1.29. The van der Waals surface area contributed by atoms with Crippen LogP contribution >= 0.6 is 0 Å². The fraction of sp³-hybridized carbons (Fsp3) is 0.417. The zero-order valence-corrected chi connectivity index (χ0v) is 9.79. The highest BCUT2D eigenvalue weighted by Gasteiger charge is 1.80. The van der Waals surface area contributed by atoms with E-state index in [1.165, 1.54) is 11.1 Å². The molecule has 0 radical (unpaired) electrons. The standard InChI is InChI=1S/C8H10.C2H5NO.C2H6/c1-7-4-3-5-8(2)6-7;1-3-2-4;1-2/h3-6H,1-2H3;2H,1H3,(H,3,4);1-2H3. The average Bonchev–Trinajstić information content (AvgIpc) is 2.21. The van der Waals surface area contributed by atoms with E-state index in [-0.39, 0.29) is 0 Å². The Morgan fingerprint density at radius 2 is 1.50 bits per heavy atom. The Morgan fingerprint density at radius 3 is 1.64 bits per heavy atom. The Hall–Kier alpha value is -1.31. The average molecular weight is 195 g/mol. The van der Waals surface area contributed by atoms with Crippen LogP contribution in [-0.2, 0) is 4.79 Å². The minimum absolute atomic E-state index is 0.625. The van der Waals surface area contributed by atoms with E-state index in [0.29, 0.717) is 6.41 Å². The molecule has 0 saturated heterocycles. The van der Waals surface area contributed by atoms with Gasteiger partial charge in [0, 0.05) is 7.05 Å². The third kappa shape index (κ3) is 10.7. The monoisotopic (exact) mass is 195 g/mol. The molecule has 1 aromatic carbocycles. The largest absolute Gasteiger partial charge is 0.362 e. The van der Waals surface area contributed by atoms with Crippen molar-refractivity contribution in [3.63, 3.8) is 0 Å². The first-order chi connectivity index (χ1) is 6.70. The Labute approximate surface area is 87.3 Å². The third-order valence-electron chi connectivity index (χ3n) is 1.29. The van der Waals surface area contributed by atoms with Crippen LogP contribution in [0.25, 0.3) is 0 Å². The Balaban J connectivity index is 0. The van der Waals surface area contributed by atoms with Gasteiger partial charge >= 0.3 is 0 Å². The molecule has 0 aliphatic rings. The first kappa shape index (κ1) is 15.2. The second kappa shape index (κ2) is 11.7. The topological polar surface area (TPSA) is 29.1 Å². The lowest BCUT2D eigenvalue weighted by molar-refractivity contribution is -0.109. The molecule has 0 aliphatic heterocycles. The van der Waals surface area contributed by atoms with Gasteiger partial charge in [-0.25, -0.2) is 0 Å². The van der Waals surface area contributed by atoms with E-state index < -0.39 is 0 Å². The van der Waals surface area contributed by atoms with Gasteiger partial charge in [-0.3, -0.25) is 4.79 Å². The zero-order chi connectivity index (χ0) is 11.4. The molecule has 0 aromatic heterocycles. The van der Waals surface area contributed by atoms with E-state index in [0.717, 1.165) is 0 Å². The molecule has 1 aromatic rings. The first-order valence-electron chi connectivity index (χ1n) is 4.85. The fourth-order valence-corrected chi connectivity index (χ4v) is 0.807. The number of nitrogens with one attached hydrogen (secondary N) is 1. The highest BCUT2D eigenvalue weighted by Crippen LogP contribution is 2.00. The summed E-state index contributed by atoms with van der Waals surface area (Å²) in [4.78, 5) is 9.06. The first-order valence-corrected chi connectivity index (χ1v) is 4.85. The summed E-state index contributed by atoms with van der Waals surface area (Å²) in [5, 5.41) is 2.25. The maximum absolute atomic E-state index is 9.06. The molecule has 0 fully saturated rings. The van der Waals surface area contributed by atoms with Gasteiger partial charge in [0.2, 0.25) is 6.41 Å². The van der Waals surface area contributed by atoms with Crippen LogP contribution in [0.2, 0.25) is 0 Å². The van der Waals surface area contributed by atoms with E-state index >= 15 is 0 Å². The molecule has 0 unspecified atom stereocenters. The SMILES string of the molecule is CC.CNC=O.Cc1cccc(C)c1. The van der Waals surface area contributed by atoms with Crippen LogP contribution in [0, 0.1) is 13.8 Å². The smallest absolute Gasteiger partial charge is 0.206 e. The number of rotatable bonds is 1. The predicted octanol–water partition coefficient (Wildman–Crippen LogP) is 2.69. The zero-order valence-electron chi connectivity index (χ0n) is 9.79. The van der Waals surface area contributed by atoms with Crippen molar-refractivity contribution >= 4 is 6.41 Å². The molecule has 1 rings (SSSR count). The van der Waals surface area contributed by atoms with Crippen LogP contribution in [0.3, 0.4) is 0 Å². The van der Waals surface area contributed by atoms with Crippen LogP contribution in [0.15, 0.2) is 24.3 Å². The van der Waals surface area contributed by atoms with Gasteiger partial charge in [0.05, 0.1) is 0 Å². The second-order valence-corrected chi connectivity index (χ2v) is 2.56. The van der Waals surface area contributed by atoms with E-state index in [9.17, 15) is 0 Å². The van der Waals surface area contributed by atoms with Gasteiger partial charge in [-0.15, -0.1) is 0 Å². The van der Waals surface area contributed by atoms with Crippen LogP contribution < -0.4 is 5.32 Å². The highest BCUT2D eigenvalue weighted by atomic mass is 16.1. The molecule has 0 bridgehead atoms. The molecule has 1 amide bonds. The van der Waals surface area contributed by atoms with Crippen LogP contribution in [0.5, 0.6) is 0 Å². The number of benzene rings is 1. The molecular weight excluding hydrogens is 174 g/mol. The molecule has 80 valence electrons. The van der Waals surface area contributed by atoms with Gasteiger partial charge in [0.1, 0.15) is 0 Å². The van der Waals surface area contributed by atoms with E-state index in [2.05, 4.69) is 43.4 Å². The Kier molecular flexibility index (Phi) is 12.7. The van der Waals surface area contributed by atoms with Crippen molar-refractivity contribution in [2.24, 2.45) is 0 Å². The van der Waals surface area contributed by atoms with Gasteiger partial charge in [-0.05, 0) is 13.8 Å². The molecular formula is C12H21NO. The summed E-state index contributed by atoms with van der Waals surface area (Å²) in [7, 11) is 1.56. The predicted molar refractivity (Wildman–Crippen MR) is 62.4 cm³/mol. The molecule has 0 saturated carbocycles. The molecule has 14 heavy (non-hydrogen) atoms. The minimum Gasteiger partial charge on any atom is -0.362 e. The van der Waals surface area contributed by atoms with E-state index in [1.807, 2.05) is 13.8 Å². The van der Waals surface area contributed by atoms with Crippen LogP contribution in [-0.4, -0.2) is 13.5 Å². The lowest BCUT2D eigenvalue weighted by Gasteiger charge is -1.90. The van der Waals surface area contributed by atoms with Gasteiger partial charge in [-0.2, -0.15) is 0 Å². The molecule has 2 heteroatoms. The molecule has 0 atom stereocenters. The van der Waals surface area contributed by atoms with Gasteiger partial charge in [0.15, 0.2) is 0 Å². The molecule has 1 N–H and O–H groups in total. The number of carbonyl (C=O) groups excluding carboxylic acids is 1. The lowest BCUT2D eigenvalue weighted by Crippen LogP contribution is -1.98. The van der Waals surface area contributed by atoms with Crippen molar-refractivity contribution in [3.8, 4) is 0 Å². The maximum atomic E-state index is 9.06. The van der Waals surface area contributed by atoms with Crippen molar-refractivity contribution < 1.29 is 4.79 Å². The van der Waals surface area contributed by atoms with Crippen molar-refractivity contribution in [1.29, 1.82) is 0 Å². The lowest BCUT2D eigenvalue weighted by atomic mass is 10.2. The van der Waals surface area contributed by atoms with Gasteiger partial charge < -0.3 is 5.32 Å². The molecule has 2 nitrogen and oxygen atoms in total. The van der Waals surface area contributed by atoms with Crippen molar-refractivity contribution in [1.82, 2.24) is 5.32 Å². The summed E-state index contributed by atoms with van der Waals surface area (Å²) in [6.07, 6.45) is 0.625. The van der Waals surface area contributed by atoms with Crippen molar-refractivity contribution in [2.75, 3.05) is 7.05 Å². The van der Waals surface area contributed by atoms with E-state index in [1.54, 1.807) is 7.05 Å². The minimum atomic E-state index is 0.625. The van der Waals surface area contributed by atoms with Crippen molar-refractivity contribution in [3.05, 3.63) is 35.4 Å². The summed E-state index contributed by atoms with van der Waals surface area (Å²) in [6.45, 7) is 8.21. The molecule has 0 aliphatic carbocycles. The quantitative estimate of drug-likeness (QED) is 0.686. The summed E-state index contributed by atoms with van der Waals surface area (Å²) in [6, 6.07) is 8.45. The molecule has 0 heterocycles. The summed E-state index contributed by atoms with van der Waals surface area (Å²) in [5.41, 5.74) is 2.68. The van der Waals surface area contributed by atoms with Crippen LogP contribution in [0.1, 0.15) is 25.0 Å². The maximum Gasteiger partial charge on any atom is 0.206 e. The number of aryl methyl sites for hydroxylation is 2. The van der Waals surface area contributed by atoms with E-state index in [4.69, 9.17) is 4.79 Å². The number of hydrogen-bond acceptors (Lipinski definition) is 1.